The van der Waals surface area contributed by atoms with Crippen molar-refractivity contribution in [3.8, 4) is 0 Å². The van der Waals surface area contributed by atoms with E-state index >= 15 is 0 Å². The van der Waals surface area contributed by atoms with Crippen molar-refractivity contribution in [3.05, 3.63) is 17.0 Å². The Balaban J connectivity index is 1.41. The van der Waals surface area contributed by atoms with Gasteiger partial charge in [-0.25, -0.2) is 0 Å². The summed E-state index contributed by atoms with van der Waals surface area (Å²) in [5.74, 6) is 2.37. The van der Waals surface area contributed by atoms with Crippen LogP contribution in [0.5, 0.6) is 0 Å². The Morgan fingerprint density at radius 2 is 1.64 bits per heavy atom. The lowest BCUT2D eigenvalue weighted by Gasteiger charge is -2.38. The first-order chi connectivity index (χ1) is 13.3. The first kappa shape index (κ1) is 20.8. The molecule has 0 spiro atoms. The highest BCUT2D eigenvalue weighted by molar-refractivity contribution is 5.79. The molecular weight excluding hydrogens is 356 g/mol. The minimum atomic E-state index is 0.171. The van der Waals surface area contributed by atoms with Crippen LogP contribution in [0.3, 0.4) is 0 Å². The molecular formula is C21H34N4O3. The first-order valence-electron chi connectivity index (χ1n) is 10.5. The summed E-state index contributed by atoms with van der Waals surface area (Å²) >= 11 is 0. The second-order valence-corrected chi connectivity index (χ2v) is 8.70. The molecule has 2 atom stereocenters. The average Bonchev–Trinajstić information content (AvgIpc) is 2.97. The molecule has 0 aromatic carbocycles. The second kappa shape index (κ2) is 9.07. The quantitative estimate of drug-likeness (QED) is 0.768. The van der Waals surface area contributed by atoms with Crippen LogP contribution in [0, 0.1) is 25.7 Å². The number of amides is 2. The van der Waals surface area contributed by atoms with Gasteiger partial charge in [-0.05, 0) is 38.5 Å². The second-order valence-electron chi connectivity index (χ2n) is 8.70. The Labute approximate surface area is 168 Å². The van der Waals surface area contributed by atoms with Gasteiger partial charge in [-0.15, -0.1) is 0 Å². The lowest BCUT2D eigenvalue weighted by Crippen LogP contribution is -2.53. The van der Waals surface area contributed by atoms with Crippen molar-refractivity contribution >= 4 is 11.8 Å². The van der Waals surface area contributed by atoms with E-state index in [9.17, 15) is 9.59 Å². The minimum absolute atomic E-state index is 0.171. The van der Waals surface area contributed by atoms with Gasteiger partial charge in [0.05, 0.1) is 12.2 Å². The molecule has 1 aromatic heterocycles. The third-order valence-corrected chi connectivity index (χ3v) is 6.08. The van der Waals surface area contributed by atoms with Crippen LogP contribution >= 0.6 is 0 Å². The van der Waals surface area contributed by atoms with Crippen molar-refractivity contribution in [2.24, 2.45) is 11.8 Å². The summed E-state index contributed by atoms with van der Waals surface area (Å²) in [7, 11) is 0. The van der Waals surface area contributed by atoms with Gasteiger partial charge in [0.15, 0.2) is 0 Å². The van der Waals surface area contributed by atoms with E-state index in [1.165, 1.54) is 6.42 Å². The Hall–Kier alpha value is -1.89. The van der Waals surface area contributed by atoms with E-state index < -0.39 is 0 Å². The maximum absolute atomic E-state index is 12.7. The number of carbonyl (C=O) groups is 2. The molecule has 0 aliphatic carbocycles. The molecule has 0 N–H and O–H groups in total. The number of hydrogen-bond acceptors (Lipinski definition) is 5. The number of piperidine rings is 1. The van der Waals surface area contributed by atoms with Crippen LogP contribution in [0.4, 0.5) is 0 Å². The summed E-state index contributed by atoms with van der Waals surface area (Å²) in [5.41, 5.74) is 1.91. The molecule has 28 heavy (non-hydrogen) atoms. The molecule has 2 aliphatic heterocycles. The van der Waals surface area contributed by atoms with Gasteiger partial charge >= 0.3 is 0 Å². The Kier molecular flexibility index (Phi) is 6.75. The van der Waals surface area contributed by atoms with Crippen molar-refractivity contribution in [1.82, 2.24) is 19.9 Å². The Morgan fingerprint density at radius 1 is 1.00 bits per heavy atom. The van der Waals surface area contributed by atoms with Crippen LogP contribution in [0.1, 0.15) is 43.7 Å². The van der Waals surface area contributed by atoms with Crippen LogP contribution in [0.15, 0.2) is 4.52 Å². The van der Waals surface area contributed by atoms with Crippen molar-refractivity contribution in [2.75, 3.05) is 45.8 Å². The summed E-state index contributed by atoms with van der Waals surface area (Å²) in [6, 6.07) is 0. The number of hydrogen-bond donors (Lipinski definition) is 0. The van der Waals surface area contributed by atoms with Crippen LogP contribution < -0.4 is 0 Å². The van der Waals surface area contributed by atoms with Gasteiger partial charge in [0.2, 0.25) is 11.8 Å². The summed E-state index contributed by atoms with van der Waals surface area (Å²) in [6.07, 6.45) is 2.36. The minimum Gasteiger partial charge on any atom is -0.361 e. The van der Waals surface area contributed by atoms with Crippen LogP contribution in [0.25, 0.3) is 0 Å². The lowest BCUT2D eigenvalue weighted by molar-refractivity contribution is -0.136. The van der Waals surface area contributed by atoms with Crippen molar-refractivity contribution in [1.29, 1.82) is 0 Å². The maximum atomic E-state index is 12.7. The van der Waals surface area contributed by atoms with Gasteiger partial charge in [0.1, 0.15) is 5.76 Å². The zero-order chi connectivity index (χ0) is 20.3. The molecule has 2 unspecified atom stereocenters. The van der Waals surface area contributed by atoms with E-state index in [2.05, 4.69) is 23.9 Å². The topological polar surface area (TPSA) is 69.9 Å². The van der Waals surface area contributed by atoms with E-state index in [4.69, 9.17) is 4.52 Å². The fourth-order valence-electron chi connectivity index (χ4n) is 4.56. The van der Waals surface area contributed by atoms with E-state index in [1.54, 1.807) is 0 Å². The van der Waals surface area contributed by atoms with Crippen molar-refractivity contribution < 1.29 is 14.1 Å². The van der Waals surface area contributed by atoms with Gasteiger partial charge in [-0.1, -0.05) is 19.0 Å². The summed E-state index contributed by atoms with van der Waals surface area (Å²) in [5, 5.41) is 3.95. The number of aryl methyl sites for hydroxylation is 2. The van der Waals surface area contributed by atoms with Gasteiger partial charge in [-0.3, -0.25) is 14.5 Å². The largest absolute Gasteiger partial charge is 0.361 e. The number of likely N-dealkylation sites (tertiary alicyclic amines) is 1. The molecule has 0 bridgehead atoms. The first-order valence-corrected chi connectivity index (χ1v) is 10.5. The number of aromatic nitrogens is 1. The molecule has 2 aliphatic rings. The van der Waals surface area contributed by atoms with Gasteiger partial charge in [-0.2, -0.15) is 0 Å². The smallest absolute Gasteiger partial charge is 0.236 e. The monoisotopic (exact) mass is 390 g/mol. The zero-order valence-electron chi connectivity index (χ0n) is 17.7. The summed E-state index contributed by atoms with van der Waals surface area (Å²) < 4.78 is 5.17. The molecule has 156 valence electrons. The molecule has 7 heteroatoms. The standard InChI is InChI=1S/C21H34N4O3/c1-15-11-16(2)13-25(12-15)21(27)14-23-7-9-24(10-8-23)20(26)6-5-19-17(3)22-28-18(19)4/h15-16H,5-14H2,1-4H3. The third kappa shape index (κ3) is 5.13. The highest BCUT2D eigenvalue weighted by Gasteiger charge is 2.28. The normalized spacial score (nSPS) is 23.9. The third-order valence-electron chi connectivity index (χ3n) is 6.08. The van der Waals surface area contributed by atoms with Gasteiger partial charge in [0.25, 0.3) is 0 Å². The molecule has 0 saturated carbocycles. The average molecular weight is 391 g/mol. The Morgan fingerprint density at radius 3 is 2.21 bits per heavy atom. The van der Waals surface area contributed by atoms with Crippen molar-refractivity contribution in [2.45, 2.75) is 47.0 Å². The van der Waals surface area contributed by atoms with Crippen LogP contribution in [0.2, 0.25) is 0 Å². The molecule has 2 saturated heterocycles. The van der Waals surface area contributed by atoms with E-state index in [-0.39, 0.29) is 11.8 Å². The maximum Gasteiger partial charge on any atom is 0.236 e. The van der Waals surface area contributed by atoms with E-state index in [0.717, 1.165) is 43.2 Å². The number of nitrogens with zero attached hydrogens (tertiary/aromatic N) is 4. The van der Waals surface area contributed by atoms with Crippen LogP contribution in [-0.4, -0.2) is 77.5 Å². The summed E-state index contributed by atoms with van der Waals surface area (Å²) in [6.45, 7) is 13.4. The highest BCUT2D eigenvalue weighted by Crippen LogP contribution is 2.21. The predicted octanol–water partition coefficient (Wildman–Crippen LogP) is 1.87. The Bertz CT molecular complexity index is 664. The molecule has 3 heterocycles. The molecule has 3 rings (SSSR count). The van der Waals surface area contributed by atoms with Crippen LogP contribution in [-0.2, 0) is 16.0 Å². The molecule has 0 radical (unpaired) electrons. The molecule has 2 amide bonds. The molecule has 2 fully saturated rings. The number of carbonyl (C=O) groups excluding carboxylic acids is 2. The van der Waals surface area contributed by atoms with Gasteiger partial charge in [0, 0.05) is 51.3 Å². The lowest BCUT2D eigenvalue weighted by atomic mass is 9.92. The fraction of sp³-hybridized carbons (Fsp3) is 0.762. The van der Waals surface area contributed by atoms with Gasteiger partial charge < -0.3 is 14.3 Å². The fourth-order valence-corrected chi connectivity index (χ4v) is 4.56. The van der Waals surface area contributed by atoms with E-state index in [1.807, 2.05) is 23.6 Å². The molecule has 1 aromatic rings. The highest BCUT2D eigenvalue weighted by atomic mass is 16.5. The SMILES string of the molecule is Cc1noc(C)c1CCC(=O)N1CCN(CC(=O)N2CC(C)CC(C)C2)CC1. The number of rotatable bonds is 5. The number of piperazine rings is 1. The zero-order valence-corrected chi connectivity index (χ0v) is 17.7. The van der Waals surface area contributed by atoms with E-state index in [0.29, 0.717) is 44.3 Å². The summed E-state index contributed by atoms with van der Waals surface area (Å²) in [4.78, 5) is 31.3. The predicted molar refractivity (Wildman–Crippen MR) is 107 cm³/mol. The van der Waals surface area contributed by atoms with Crippen molar-refractivity contribution in [3.63, 3.8) is 0 Å². The molecule has 7 nitrogen and oxygen atoms in total.